The molecule has 5 nitrogen and oxygen atoms in total. The molecule has 0 amide bonds. The van der Waals surface area contributed by atoms with Crippen molar-refractivity contribution in [1.82, 2.24) is 9.13 Å². The van der Waals surface area contributed by atoms with Gasteiger partial charge in [-0.2, -0.15) is 0 Å². The second-order valence-electron chi connectivity index (χ2n) is 37.7. The molecule has 602 valence electrons. The third-order valence-corrected chi connectivity index (χ3v) is 28.1. The molecule has 125 heavy (non-hydrogen) atoms. The Morgan fingerprint density at radius 2 is 0.656 bits per heavy atom. The van der Waals surface area contributed by atoms with Crippen molar-refractivity contribution < 1.29 is 4.42 Å². The first-order chi connectivity index (χ1) is 60.9. The largest absolute Gasteiger partial charge is 0.456 e. The van der Waals surface area contributed by atoms with Gasteiger partial charge in [0.1, 0.15) is 11.2 Å². The molecular formula is C120H96N4O. The van der Waals surface area contributed by atoms with Gasteiger partial charge in [0.15, 0.2) is 0 Å². The van der Waals surface area contributed by atoms with E-state index in [1.807, 2.05) is 0 Å². The summed E-state index contributed by atoms with van der Waals surface area (Å²) >= 11 is 0. The Morgan fingerprint density at radius 1 is 0.232 bits per heavy atom. The Balaban J connectivity index is 0.647. The number of anilines is 6. The van der Waals surface area contributed by atoms with Crippen LogP contribution in [-0.4, -0.2) is 9.13 Å². The van der Waals surface area contributed by atoms with Crippen molar-refractivity contribution in [1.29, 1.82) is 0 Å². The summed E-state index contributed by atoms with van der Waals surface area (Å²) in [7, 11) is 0. The number of hydrogen-bond acceptors (Lipinski definition) is 3. The highest BCUT2D eigenvalue weighted by atomic mass is 16.3. The maximum absolute atomic E-state index is 6.66. The summed E-state index contributed by atoms with van der Waals surface area (Å²) in [5.41, 5.74) is 35.3. The first kappa shape index (κ1) is 75.4. The van der Waals surface area contributed by atoms with Gasteiger partial charge < -0.3 is 23.4 Å². The summed E-state index contributed by atoms with van der Waals surface area (Å²) in [6.45, 7) is 19.5. The fraction of sp³-hybridized carbons (Fsp3) is 0.133. The van der Waals surface area contributed by atoms with E-state index in [9.17, 15) is 0 Å². The van der Waals surface area contributed by atoms with Gasteiger partial charge >= 0.3 is 0 Å². The number of para-hydroxylation sites is 1. The lowest BCUT2D eigenvalue weighted by atomic mass is 9.61. The van der Waals surface area contributed by atoms with Crippen LogP contribution in [0.25, 0.3) is 165 Å². The minimum atomic E-state index is -0.000184. The maximum Gasteiger partial charge on any atom is 0.137 e. The van der Waals surface area contributed by atoms with E-state index in [4.69, 9.17) is 4.42 Å². The molecule has 2 aliphatic rings. The number of rotatable bonds is 14. The lowest BCUT2D eigenvalue weighted by molar-refractivity contribution is 0.333. The zero-order chi connectivity index (χ0) is 84.2. The average Bonchev–Trinajstić information content (AvgIpc) is 1.66. The van der Waals surface area contributed by atoms with Crippen LogP contribution in [0.15, 0.2) is 393 Å². The average molecular weight is 1610 g/mol. The van der Waals surface area contributed by atoms with Crippen molar-refractivity contribution in [3.63, 3.8) is 0 Å². The Bertz CT molecular complexity index is 7890. The van der Waals surface area contributed by atoms with Crippen molar-refractivity contribution in [2.75, 3.05) is 9.80 Å². The first-order valence-electron chi connectivity index (χ1n) is 44.4. The molecule has 0 spiro atoms. The standard InChI is InChI=1S/C120H96N4O/c1-117(2)65-67-119(5,6)115-98(38-22-40-104(115)117)87-32-20-34-93(71-87)123-107-64-53-82-29-15-16-36-97(82)113(107)101-63-61-95(75-110(101)123)121(90-54-47-79(48-55-90)77-25-11-9-12-26-77)91-56-51-81(52-57-91)83-30-19-31-84(69-83)85-45-46-86-73-103-100-62-60-96(122(92-58-49-80(50-59-92)78-27-13-10-14-28-78)106-42-24-44-112-114(106)102-37-17-18-43-111(102)125-112)76-109(100)124(108(103)74-89(86)70-85)94-35-21-33-88(72-94)99-39-23-41-105-116(99)120(7,8)68-66-118(105,3)4/h9-64,69-76H,65-68H2,1-8H3. The zero-order valence-corrected chi connectivity index (χ0v) is 72.0. The van der Waals surface area contributed by atoms with Crippen LogP contribution in [0, 0.1) is 0 Å². The molecule has 0 bridgehead atoms. The summed E-state index contributed by atoms with van der Waals surface area (Å²) in [5, 5.41) is 11.8. The third kappa shape index (κ3) is 12.7. The van der Waals surface area contributed by atoms with Crippen LogP contribution in [0.4, 0.5) is 34.1 Å². The molecule has 0 atom stereocenters. The van der Waals surface area contributed by atoms with Crippen LogP contribution < -0.4 is 9.80 Å². The molecule has 0 unspecified atom stereocenters. The van der Waals surface area contributed by atoms with E-state index in [0.717, 1.165) is 131 Å². The van der Waals surface area contributed by atoms with Crippen LogP contribution >= 0.6 is 0 Å². The topological polar surface area (TPSA) is 29.5 Å². The van der Waals surface area contributed by atoms with E-state index in [-0.39, 0.29) is 21.7 Å². The molecule has 3 heterocycles. The van der Waals surface area contributed by atoms with Gasteiger partial charge in [-0.05, 0) is 291 Å². The predicted molar refractivity (Wildman–Crippen MR) is 530 cm³/mol. The Kier molecular flexibility index (Phi) is 17.6. The third-order valence-electron chi connectivity index (χ3n) is 28.1. The van der Waals surface area contributed by atoms with Crippen molar-refractivity contribution in [3.8, 4) is 78.1 Å². The fourth-order valence-electron chi connectivity index (χ4n) is 21.5. The van der Waals surface area contributed by atoms with Gasteiger partial charge in [0, 0.05) is 66.7 Å². The van der Waals surface area contributed by atoms with Gasteiger partial charge in [-0.3, -0.25) is 0 Å². The molecule has 18 aromatic carbocycles. The molecule has 3 aromatic heterocycles. The highest BCUT2D eigenvalue weighted by Crippen LogP contribution is 2.54. The minimum absolute atomic E-state index is 0.000184. The van der Waals surface area contributed by atoms with Crippen LogP contribution in [0.2, 0.25) is 0 Å². The van der Waals surface area contributed by atoms with E-state index in [1.54, 1.807) is 0 Å². The van der Waals surface area contributed by atoms with Crippen molar-refractivity contribution >= 4 is 121 Å². The van der Waals surface area contributed by atoms with Gasteiger partial charge in [0.25, 0.3) is 0 Å². The van der Waals surface area contributed by atoms with Gasteiger partial charge in [0.05, 0.1) is 33.1 Å². The lowest BCUT2D eigenvalue weighted by Gasteiger charge is -2.43. The van der Waals surface area contributed by atoms with Crippen LogP contribution in [0.5, 0.6) is 0 Å². The van der Waals surface area contributed by atoms with E-state index >= 15 is 0 Å². The first-order valence-corrected chi connectivity index (χ1v) is 44.4. The molecule has 23 rings (SSSR count). The molecule has 21 aromatic rings. The summed E-state index contributed by atoms with van der Waals surface area (Å²) in [4.78, 5) is 4.87. The molecule has 2 aliphatic carbocycles. The van der Waals surface area contributed by atoms with E-state index in [1.165, 1.54) is 116 Å². The second-order valence-corrected chi connectivity index (χ2v) is 37.7. The molecule has 0 fully saturated rings. The van der Waals surface area contributed by atoms with Gasteiger partial charge in [-0.1, -0.05) is 310 Å². The Morgan fingerprint density at radius 3 is 1.27 bits per heavy atom. The van der Waals surface area contributed by atoms with E-state index in [2.05, 4.69) is 463 Å². The smallest absolute Gasteiger partial charge is 0.137 e. The van der Waals surface area contributed by atoms with Gasteiger partial charge in [-0.25, -0.2) is 0 Å². The van der Waals surface area contributed by atoms with Gasteiger partial charge in [-0.15, -0.1) is 0 Å². The molecular weight excluding hydrogens is 1510 g/mol. The number of fused-ring (bicyclic) bond motifs is 14. The van der Waals surface area contributed by atoms with Crippen molar-refractivity contribution in [2.45, 2.75) is 103 Å². The quantitative estimate of drug-likeness (QED) is 0.109. The fourth-order valence-corrected chi connectivity index (χ4v) is 21.5. The summed E-state index contributed by atoms with van der Waals surface area (Å²) < 4.78 is 11.7. The van der Waals surface area contributed by atoms with Crippen molar-refractivity contribution in [2.24, 2.45) is 0 Å². The normalized spacial score (nSPS) is 14.5. The van der Waals surface area contributed by atoms with Crippen LogP contribution in [-0.2, 0) is 21.7 Å². The molecule has 0 N–H and O–H groups in total. The van der Waals surface area contributed by atoms with Crippen LogP contribution in [0.3, 0.4) is 0 Å². The monoisotopic (exact) mass is 1610 g/mol. The molecule has 0 saturated heterocycles. The summed E-state index contributed by atoms with van der Waals surface area (Å²) in [6, 6.07) is 145. The van der Waals surface area contributed by atoms with Gasteiger partial charge in [0.2, 0.25) is 0 Å². The van der Waals surface area contributed by atoms with E-state index < -0.39 is 0 Å². The molecule has 5 heteroatoms. The highest BCUT2D eigenvalue weighted by Gasteiger charge is 2.41. The van der Waals surface area contributed by atoms with E-state index in [0.29, 0.717) is 0 Å². The summed E-state index contributed by atoms with van der Waals surface area (Å²) in [6.07, 6.45) is 4.60. The zero-order valence-electron chi connectivity index (χ0n) is 72.0. The Hall–Kier alpha value is -14.5. The number of hydrogen-bond donors (Lipinski definition) is 0. The highest BCUT2D eigenvalue weighted by molar-refractivity contribution is 6.22. The summed E-state index contributed by atoms with van der Waals surface area (Å²) in [5.74, 6) is 0. The molecule has 0 radical (unpaired) electrons. The maximum atomic E-state index is 6.66. The number of benzene rings is 18. The number of furan rings is 1. The molecule has 0 saturated carbocycles. The SMILES string of the molecule is CC1(C)CCC(C)(C)c2c(-c3cccc(-n4c5cc(N(c6ccc(-c7ccccc7)cc6)c6cccc7oc8ccccc8c67)ccc5c5cc6ccc(-c7cccc(-c8ccc(N(c9ccc(-c%10ccccc%10)cc9)c9ccc%10c%11c%12ccccc%12ccc%11n(-c%11cccc(-c%12cccc%13c%12C(C)(C)CCC%13(C)C)c%11)c%10c9)cc8)c7)cc6cc54)c3)cccc21. The van der Waals surface area contributed by atoms with Crippen LogP contribution in [0.1, 0.15) is 103 Å². The number of nitrogens with zero attached hydrogens (tertiary/aromatic N) is 4. The van der Waals surface area contributed by atoms with Crippen molar-refractivity contribution in [3.05, 3.63) is 411 Å². The minimum Gasteiger partial charge on any atom is -0.456 e. The number of aromatic nitrogens is 2. The molecule has 0 aliphatic heterocycles. The Labute approximate surface area is 731 Å². The second kappa shape index (κ2) is 29.1. The predicted octanol–water partition coefficient (Wildman–Crippen LogP) is 33.7. The lowest BCUT2D eigenvalue weighted by Crippen LogP contribution is -2.34.